The largest absolute Gasteiger partial charge is 0.375 e. The molecule has 1 rings (SSSR count). The Kier molecular flexibility index (Phi) is 5.63. The van der Waals surface area contributed by atoms with Crippen LogP contribution in [0.5, 0.6) is 0 Å². The molecule has 3 N–H and O–H groups in total. The van der Waals surface area contributed by atoms with E-state index in [0.717, 1.165) is 5.69 Å². The Morgan fingerprint density at radius 2 is 2.05 bits per heavy atom. The highest BCUT2D eigenvalue weighted by atomic mass is 35.5. The molecule has 0 aliphatic rings. The number of amides is 1. The molecule has 0 saturated carbocycles. The second-order valence-corrected chi connectivity index (χ2v) is 5.66. The van der Waals surface area contributed by atoms with E-state index in [2.05, 4.69) is 5.32 Å². The number of halogens is 1. The second kappa shape index (κ2) is 6.78. The molecule has 1 aromatic rings. The Bertz CT molecular complexity index is 446. The molecule has 1 amide bonds. The lowest BCUT2D eigenvalue weighted by Gasteiger charge is -2.21. The van der Waals surface area contributed by atoms with E-state index in [-0.39, 0.29) is 5.91 Å². The van der Waals surface area contributed by atoms with Gasteiger partial charge in [-0.3, -0.25) is 4.79 Å². The second-order valence-electron chi connectivity index (χ2n) is 5.26. The summed E-state index contributed by atoms with van der Waals surface area (Å²) in [6.07, 6.45) is 0.656. The fraction of sp³-hybridized carbons (Fsp3) is 0.500. The van der Waals surface area contributed by atoms with Gasteiger partial charge >= 0.3 is 0 Å². The first-order valence-electron chi connectivity index (χ1n) is 6.35. The van der Waals surface area contributed by atoms with Crippen LogP contribution in [0.25, 0.3) is 0 Å². The maximum Gasteiger partial charge on any atom is 0.241 e. The van der Waals surface area contributed by atoms with Crippen LogP contribution in [0.3, 0.4) is 0 Å². The van der Waals surface area contributed by atoms with Crippen molar-refractivity contribution in [3.8, 4) is 0 Å². The summed E-state index contributed by atoms with van der Waals surface area (Å²) in [5.41, 5.74) is 7.34. The van der Waals surface area contributed by atoms with E-state index in [9.17, 15) is 4.79 Å². The highest BCUT2D eigenvalue weighted by Crippen LogP contribution is 2.32. The Labute approximate surface area is 119 Å². The lowest BCUT2D eigenvalue weighted by atomic mass is 10.0. The molecule has 0 heterocycles. The van der Waals surface area contributed by atoms with Gasteiger partial charge in [0.25, 0.3) is 0 Å². The van der Waals surface area contributed by atoms with Crippen LogP contribution in [-0.2, 0) is 4.79 Å². The van der Waals surface area contributed by atoms with E-state index in [0.29, 0.717) is 23.0 Å². The van der Waals surface area contributed by atoms with Crippen molar-refractivity contribution < 1.29 is 4.79 Å². The topological polar surface area (TPSA) is 58.4 Å². The maximum absolute atomic E-state index is 12.0. The minimum Gasteiger partial charge on any atom is -0.375 e. The summed E-state index contributed by atoms with van der Waals surface area (Å²) in [4.78, 5) is 13.9. The summed E-state index contributed by atoms with van der Waals surface area (Å²) >= 11 is 6.15. The number of carbonyl (C=O) groups is 1. The van der Waals surface area contributed by atoms with Crippen molar-refractivity contribution >= 4 is 28.9 Å². The van der Waals surface area contributed by atoms with Gasteiger partial charge in [0.2, 0.25) is 5.91 Å². The van der Waals surface area contributed by atoms with Crippen LogP contribution in [0.4, 0.5) is 11.4 Å². The predicted octanol–water partition coefficient (Wildman–Crippen LogP) is 2.72. The van der Waals surface area contributed by atoms with Crippen molar-refractivity contribution in [3.05, 3.63) is 23.2 Å². The Hall–Kier alpha value is -1.26. The summed E-state index contributed by atoms with van der Waals surface area (Å²) in [6, 6.07) is 4.91. The van der Waals surface area contributed by atoms with Crippen molar-refractivity contribution in [1.82, 2.24) is 0 Å². The third-order valence-electron chi connectivity index (χ3n) is 2.75. The average Bonchev–Trinajstić information content (AvgIpc) is 2.27. The Morgan fingerprint density at radius 1 is 1.42 bits per heavy atom. The Balaban J connectivity index is 2.88. The van der Waals surface area contributed by atoms with Crippen LogP contribution in [0.2, 0.25) is 5.02 Å². The van der Waals surface area contributed by atoms with Crippen molar-refractivity contribution in [2.45, 2.75) is 26.3 Å². The predicted molar refractivity (Wildman–Crippen MR) is 81.8 cm³/mol. The number of hydrogen-bond acceptors (Lipinski definition) is 3. The molecule has 1 atom stereocenters. The zero-order valence-electron chi connectivity index (χ0n) is 11.9. The normalized spacial score (nSPS) is 12.4. The molecule has 0 bridgehead atoms. The lowest BCUT2D eigenvalue weighted by molar-refractivity contribution is -0.117. The van der Waals surface area contributed by atoms with Gasteiger partial charge in [0, 0.05) is 14.1 Å². The molecular weight excluding hydrogens is 262 g/mol. The Morgan fingerprint density at radius 3 is 2.58 bits per heavy atom. The number of anilines is 2. The van der Waals surface area contributed by atoms with Crippen LogP contribution < -0.4 is 16.0 Å². The number of rotatable bonds is 5. The minimum atomic E-state index is -0.506. The van der Waals surface area contributed by atoms with Crippen LogP contribution in [0, 0.1) is 5.92 Å². The summed E-state index contributed by atoms with van der Waals surface area (Å²) in [6.45, 7) is 4.08. The smallest absolute Gasteiger partial charge is 0.241 e. The van der Waals surface area contributed by atoms with Crippen LogP contribution >= 0.6 is 11.6 Å². The molecule has 0 aliphatic carbocycles. The zero-order valence-corrected chi connectivity index (χ0v) is 12.7. The first kappa shape index (κ1) is 15.8. The third-order valence-corrected chi connectivity index (χ3v) is 3.06. The molecular formula is C14H22ClN3O. The van der Waals surface area contributed by atoms with Crippen molar-refractivity contribution in [1.29, 1.82) is 0 Å². The summed E-state index contributed by atoms with van der Waals surface area (Å²) in [5.74, 6) is 0.201. The van der Waals surface area contributed by atoms with Gasteiger partial charge in [-0.05, 0) is 24.5 Å². The standard InChI is InChI=1S/C14H22ClN3O/c1-9(2)8-11(16)14(19)17-12-7-5-6-10(15)13(12)18(3)4/h5-7,9,11H,8,16H2,1-4H3,(H,17,19)/t11-/m1/s1. The molecule has 106 valence electrons. The van der Waals surface area contributed by atoms with Gasteiger partial charge in [-0.2, -0.15) is 0 Å². The maximum atomic E-state index is 12.0. The summed E-state index contributed by atoms with van der Waals surface area (Å²) in [5, 5.41) is 3.45. The van der Waals surface area contributed by atoms with E-state index in [1.54, 1.807) is 12.1 Å². The van der Waals surface area contributed by atoms with Gasteiger partial charge in [0.05, 0.1) is 22.4 Å². The molecule has 0 spiro atoms. The minimum absolute atomic E-state index is 0.181. The van der Waals surface area contributed by atoms with Gasteiger partial charge in [-0.25, -0.2) is 0 Å². The number of carbonyl (C=O) groups excluding carboxylic acids is 1. The van der Waals surface area contributed by atoms with Crippen LogP contribution in [0.15, 0.2) is 18.2 Å². The zero-order chi connectivity index (χ0) is 14.6. The third kappa shape index (κ3) is 4.40. The quantitative estimate of drug-likeness (QED) is 0.873. The first-order chi connectivity index (χ1) is 8.82. The average molecular weight is 284 g/mol. The van der Waals surface area contributed by atoms with Crippen molar-refractivity contribution in [2.24, 2.45) is 11.7 Å². The lowest BCUT2D eigenvalue weighted by Crippen LogP contribution is -2.37. The molecule has 0 aromatic heterocycles. The van der Waals surface area contributed by atoms with Crippen LogP contribution in [-0.4, -0.2) is 26.0 Å². The molecule has 1 aromatic carbocycles. The van der Waals surface area contributed by atoms with E-state index in [1.807, 2.05) is 38.9 Å². The summed E-state index contributed by atoms with van der Waals surface area (Å²) in [7, 11) is 3.76. The highest BCUT2D eigenvalue weighted by Gasteiger charge is 2.17. The fourth-order valence-corrected chi connectivity index (χ4v) is 2.25. The van der Waals surface area contributed by atoms with E-state index in [4.69, 9.17) is 17.3 Å². The van der Waals surface area contributed by atoms with E-state index < -0.39 is 6.04 Å². The number of nitrogens with one attached hydrogen (secondary N) is 1. The molecule has 19 heavy (non-hydrogen) atoms. The number of para-hydroxylation sites is 1. The molecule has 0 aliphatic heterocycles. The number of hydrogen-bond donors (Lipinski definition) is 2. The fourth-order valence-electron chi connectivity index (χ4n) is 1.91. The molecule has 0 saturated heterocycles. The van der Waals surface area contributed by atoms with Crippen molar-refractivity contribution in [3.63, 3.8) is 0 Å². The molecule has 0 fully saturated rings. The molecule has 0 radical (unpaired) electrons. The monoisotopic (exact) mass is 283 g/mol. The number of nitrogens with two attached hydrogens (primary N) is 1. The number of benzene rings is 1. The van der Waals surface area contributed by atoms with Crippen molar-refractivity contribution in [2.75, 3.05) is 24.3 Å². The van der Waals surface area contributed by atoms with E-state index in [1.165, 1.54) is 0 Å². The van der Waals surface area contributed by atoms with Gasteiger partial charge in [0.1, 0.15) is 0 Å². The first-order valence-corrected chi connectivity index (χ1v) is 6.73. The molecule has 4 nitrogen and oxygen atoms in total. The SMILES string of the molecule is CC(C)C[C@@H](N)C(=O)Nc1cccc(Cl)c1N(C)C. The molecule has 5 heteroatoms. The van der Waals surface area contributed by atoms with Gasteiger partial charge in [0.15, 0.2) is 0 Å². The summed E-state index contributed by atoms with van der Waals surface area (Å²) < 4.78 is 0. The highest BCUT2D eigenvalue weighted by molar-refractivity contribution is 6.34. The molecule has 0 unspecified atom stereocenters. The van der Waals surface area contributed by atoms with Gasteiger partial charge < -0.3 is 16.0 Å². The van der Waals surface area contributed by atoms with Crippen LogP contribution in [0.1, 0.15) is 20.3 Å². The van der Waals surface area contributed by atoms with Gasteiger partial charge in [-0.15, -0.1) is 0 Å². The van der Waals surface area contributed by atoms with E-state index >= 15 is 0 Å². The number of nitrogens with zero attached hydrogens (tertiary/aromatic N) is 1. The van der Waals surface area contributed by atoms with Gasteiger partial charge in [-0.1, -0.05) is 31.5 Å².